The van der Waals surface area contributed by atoms with Crippen molar-refractivity contribution < 1.29 is 9.53 Å². The molecular weight excluding hydrogens is 236 g/mol. The molecule has 1 heterocycles. The van der Waals surface area contributed by atoms with Gasteiger partial charge in [0.25, 0.3) is 0 Å². The molecule has 0 aliphatic rings. The van der Waals surface area contributed by atoms with Crippen LogP contribution < -0.4 is 21.1 Å². The van der Waals surface area contributed by atoms with E-state index in [0.29, 0.717) is 13.2 Å². The van der Waals surface area contributed by atoms with Crippen LogP contribution in [-0.2, 0) is 4.79 Å². The molecule has 4 N–H and O–H groups in total. The monoisotopic (exact) mass is 254 g/mol. The summed E-state index contributed by atoms with van der Waals surface area (Å²) in [5.41, 5.74) is 5.51. The fraction of sp³-hybridized carbons (Fsp3) is 0.600. The summed E-state index contributed by atoms with van der Waals surface area (Å²) in [4.78, 5) is 22.9. The number of nitrogens with zero attached hydrogens (tertiary/aromatic N) is 3. The van der Waals surface area contributed by atoms with Crippen molar-refractivity contribution in [2.75, 3.05) is 30.7 Å². The molecule has 0 unspecified atom stereocenters. The van der Waals surface area contributed by atoms with Crippen LogP contribution in [0.3, 0.4) is 0 Å². The molecule has 0 aliphatic heterocycles. The fourth-order valence-corrected chi connectivity index (χ4v) is 1.13. The number of hydrogen-bond acceptors (Lipinski definition) is 7. The lowest BCUT2D eigenvalue weighted by Crippen LogP contribution is -2.30. The second-order valence-corrected chi connectivity index (χ2v) is 3.46. The van der Waals surface area contributed by atoms with Gasteiger partial charge >= 0.3 is 6.01 Å². The van der Waals surface area contributed by atoms with Crippen LogP contribution in [0.5, 0.6) is 6.01 Å². The van der Waals surface area contributed by atoms with Crippen LogP contribution in [0.15, 0.2) is 0 Å². The highest BCUT2D eigenvalue weighted by Crippen LogP contribution is 2.08. The third-order valence-electron chi connectivity index (χ3n) is 1.85. The van der Waals surface area contributed by atoms with Gasteiger partial charge < -0.3 is 21.1 Å². The molecule has 8 nitrogen and oxygen atoms in total. The number of amides is 1. The molecule has 0 fully saturated rings. The Balaban J connectivity index is 2.59. The highest BCUT2D eigenvalue weighted by molar-refractivity contribution is 5.80. The van der Waals surface area contributed by atoms with Crippen LogP contribution in [0.25, 0.3) is 0 Å². The van der Waals surface area contributed by atoms with Crippen molar-refractivity contribution in [3.8, 4) is 6.01 Å². The summed E-state index contributed by atoms with van der Waals surface area (Å²) in [6.07, 6.45) is 0.841. The predicted molar refractivity (Wildman–Crippen MR) is 67.2 cm³/mol. The van der Waals surface area contributed by atoms with Crippen molar-refractivity contribution in [3.05, 3.63) is 0 Å². The summed E-state index contributed by atoms with van der Waals surface area (Å²) in [7, 11) is 0. The molecule has 18 heavy (non-hydrogen) atoms. The molecule has 0 saturated heterocycles. The second kappa shape index (κ2) is 7.25. The number of likely N-dealkylation sites (N-methyl/N-ethyl adjacent to an activating group) is 1. The second-order valence-electron chi connectivity index (χ2n) is 3.46. The van der Waals surface area contributed by atoms with Gasteiger partial charge in [-0.3, -0.25) is 4.79 Å². The summed E-state index contributed by atoms with van der Waals surface area (Å²) >= 11 is 0. The van der Waals surface area contributed by atoms with Crippen LogP contribution in [0, 0.1) is 0 Å². The van der Waals surface area contributed by atoms with E-state index in [2.05, 4.69) is 25.6 Å². The lowest BCUT2D eigenvalue weighted by molar-refractivity contribution is -0.119. The molecule has 1 aromatic heterocycles. The number of carbonyl (C=O) groups is 1. The van der Waals surface area contributed by atoms with E-state index in [1.165, 1.54) is 0 Å². The molecule has 0 aliphatic carbocycles. The van der Waals surface area contributed by atoms with Crippen molar-refractivity contribution in [3.63, 3.8) is 0 Å². The maximum Gasteiger partial charge on any atom is 0.323 e. The van der Waals surface area contributed by atoms with Gasteiger partial charge in [-0.1, -0.05) is 6.92 Å². The molecule has 0 saturated carbocycles. The van der Waals surface area contributed by atoms with E-state index >= 15 is 0 Å². The first-order valence-electron chi connectivity index (χ1n) is 5.80. The van der Waals surface area contributed by atoms with Gasteiger partial charge in [0.2, 0.25) is 17.8 Å². The first-order chi connectivity index (χ1) is 8.65. The molecule has 100 valence electrons. The van der Waals surface area contributed by atoms with E-state index in [1.54, 1.807) is 0 Å². The largest absolute Gasteiger partial charge is 0.463 e. The van der Waals surface area contributed by atoms with E-state index < -0.39 is 0 Å². The minimum absolute atomic E-state index is 0.0505. The number of nitrogen functional groups attached to an aromatic ring is 1. The molecule has 0 spiro atoms. The summed E-state index contributed by atoms with van der Waals surface area (Å²) in [5.74, 6) is 0.127. The van der Waals surface area contributed by atoms with Gasteiger partial charge in [0.05, 0.1) is 13.2 Å². The van der Waals surface area contributed by atoms with Gasteiger partial charge in [-0.25, -0.2) is 0 Å². The van der Waals surface area contributed by atoms with Gasteiger partial charge in [0.1, 0.15) is 0 Å². The summed E-state index contributed by atoms with van der Waals surface area (Å²) in [5, 5.41) is 5.40. The molecule has 8 heteroatoms. The van der Waals surface area contributed by atoms with Crippen molar-refractivity contribution in [2.45, 2.75) is 20.3 Å². The maximum atomic E-state index is 11.3. The van der Waals surface area contributed by atoms with E-state index in [-0.39, 0.29) is 30.4 Å². The Morgan fingerprint density at radius 3 is 2.78 bits per heavy atom. The zero-order valence-electron chi connectivity index (χ0n) is 10.6. The van der Waals surface area contributed by atoms with Gasteiger partial charge in [-0.2, -0.15) is 15.0 Å². The van der Waals surface area contributed by atoms with Gasteiger partial charge in [0.15, 0.2) is 0 Å². The Morgan fingerprint density at radius 2 is 2.11 bits per heavy atom. The Hall–Kier alpha value is -2.12. The van der Waals surface area contributed by atoms with Crippen molar-refractivity contribution in [2.24, 2.45) is 0 Å². The smallest absolute Gasteiger partial charge is 0.323 e. The van der Waals surface area contributed by atoms with Crippen LogP contribution in [0.4, 0.5) is 11.9 Å². The average Bonchev–Trinajstić information content (AvgIpc) is 2.34. The number of hydrogen-bond donors (Lipinski definition) is 3. The van der Waals surface area contributed by atoms with Crippen molar-refractivity contribution in [1.29, 1.82) is 0 Å². The molecular formula is C10H18N6O2. The van der Waals surface area contributed by atoms with Crippen LogP contribution in [0.1, 0.15) is 20.3 Å². The number of anilines is 2. The van der Waals surface area contributed by atoms with Crippen LogP contribution >= 0.6 is 0 Å². The Bertz CT molecular complexity index is 398. The normalized spacial score (nSPS) is 9.89. The van der Waals surface area contributed by atoms with Gasteiger partial charge in [0, 0.05) is 6.54 Å². The Labute approximate surface area is 105 Å². The Morgan fingerprint density at radius 1 is 1.33 bits per heavy atom. The Kier molecular flexibility index (Phi) is 5.62. The van der Waals surface area contributed by atoms with Gasteiger partial charge in [-0.05, 0) is 13.3 Å². The van der Waals surface area contributed by atoms with Crippen LogP contribution in [0.2, 0.25) is 0 Å². The highest BCUT2D eigenvalue weighted by atomic mass is 16.5. The minimum Gasteiger partial charge on any atom is -0.463 e. The first kappa shape index (κ1) is 13.9. The first-order valence-corrected chi connectivity index (χ1v) is 5.80. The molecule has 0 aromatic carbocycles. The quantitative estimate of drug-likeness (QED) is 0.616. The SMILES string of the molecule is CCCOc1nc(N)nc(NCC(=O)NCC)n1. The molecule has 1 aromatic rings. The van der Waals surface area contributed by atoms with Crippen LogP contribution in [-0.4, -0.2) is 40.6 Å². The summed E-state index contributed by atoms with van der Waals surface area (Å²) in [6, 6.07) is 0.155. The number of carbonyl (C=O) groups excluding carboxylic acids is 1. The summed E-state index contributed by atoms with van der Waals surface area (Å²) in [6.45, 7) is 4.96. The number of nitrogens with one attached hydrogen (secondary N) is 2. The topological polar surface area (TPSA) is 115 Å². The molecule has 0 bridgehead atoms. The lowest BCUT2D eigenvalue weighted by atomic mass is 10.5. The molecule has 1 amide bonds. The number of aromatic nitrogens is 3. The lowest BCUT2D eigenvalue weighted by Gasteiger charge is -2.07. The van der Waals surface area contributed by atoms with E-state index in [1.807, 2.05) is 13.8 Å². The summed E-state index contributed by atoms with van der Waals surface area (Å²) < 4.78 is 5.25. The third-order valence-corrected chi connectivity index (χ3v) is 1.85. The molecule has 1 rings (SSSR count). The zero-order valence-corrected chi connectivity index (χ0v) is 10.6. The number of nitrogens with two attached hydrogens (primary N) is 1. The van der Waals surface area contributed by atoms with E-state index in [4.69, 9.17) is 10.5 Å². The molecule has 0 radical (unpaired) electrons. The van der Waals surface area contributed by atoms with E-state index in [9.17, 15) is 4.79 Å². The maximum absolute atomic E-state index is 11.3. The highest BCUT2D eigenvalue weighted by Gasteiger charge is 2.06. The fourth-order valence-electron chi connectivity index (χ4n) is 1.13. The van der Waals surface area contributed by atoms with Crippen molar-refractivity contribution >= 4 is 17.8 Å². The third kappa shape index (κ3) is 4.81. The number of rotatable bonds is 7. The standard InChI is InChI=1S/C10H18N6O2/c1-3-5-18-10-15-8(11)14-9(16-10)13-6-7(17)12-4-2/h3-6H2,1-2H3,(H,12,17)(H3,11,13,14,15,16). The molecule has 0 atom stereocenters. The average molecular weight is 254 g/mol. The number of ether oxygens (including phenoxy) is 1. The van der Waals surface area contributed by atoms with Gasteiger partial charge in [-0.15, -0.1) is 0 Å². The van der Waals surface area contributed by atoms with Crippen molar-refractivity contribution in [1.82, 2.24) is 20.3 Å². The zero-order chi connectivity index (χ0) is 13.4. The predicted octanol–water partition coefficient (Wildman–Crippen LogP) is -0.209. The van der Waals surface area contributed by atoms with E-state index in [0.717, 1.165) is 6.42 Å². The minimum atomic E-state index is -0.146.